The second-order valence-corrected chi connectivity index (χ2v) is 8.65. The van der Waals surface area contributed by atoms with E-state index in [1.807, 2.05) is 41.5 Å². The van der Waals surface area contributed by atoms with E-state index >= 15 is 0 Å². The smallest absolute Gasteiger partial charge is 0.0662 e. The van der Waals surface area contributed by atoms with Crippen LogP contribution >= 0.6 is 0 Å². The van der Waals surface area contributed by atoms with E-state index in [4.69, 9.17) is 65.0 Å². The molecule has 12 heteroatoms. The summed E-state index contributed by atoms with van der Waals surface area (Å²) >= 11 is 0. The molecule has 0 aromatic carbocycles. The molecule has 38 heavy (non-hydrogen) atoms. The first-order chi connectivity index (χ1) is 17.8. The third kappa shape index (κ3) is 65.0. The second kappa shape index (κ2) is 46.4. The van der Waals surface area contributed by atoms with Gasteiger partial charge < -0.3 is 65.0 Å². The van der Waals surface area contributed by atoms with E-state index in [-0.39, 0.29) is 49.7 Å². The van der Waals surface area contributed by atoms with Gasteiger partial charge in [0.15, 0.2) is 0 Å². The van der Waals surface area contributed by atoms with E-state index in [1.165, 1.54) is 0 Å². The Labute approximate surface area is 234 Å². The molecule has 0 aliphatic heterocycles. The number of aliphatic hydroxyl groups is 6. The number of rotatable bonds is 14. The van der Waals surface area contributed by atoms with Crippen LogP contribution in [0.15, 0.2) is 0 Å². The predicted molar refractivity (Wildman–Crippen MR) is 161 cm³/mol. The Morgan fingerprint density at radius 1 is 0.447 bits per heavy atom. The van der Waals surface area contributed by atoms with Gasteiger partial charge in [0.1, 0.15) is 0 Å². The lowest BCUT2D eigenvalue weighted by Crippen LogP contribution is -2.22. The van der Waals surface area contributed by atoms with Crippen LogP contribution in [0.5, 0.6) is 0 Å². The molecule has 0 fully saturated rings. The normalized spacial score (nSPS) is 14.4. The van der Waals surface area contributed by atoms with Gasteiger partial charge in [0, 0.05) is 38.3 Å². The lowest BCUT2D eigenvalue weighted by molar-refractivity contribution is 0.171. The zero-order valence-electron chi connectivity index (χ0n) is 25.5. The Balaban J connectivity index is -0.0000000810. The van der Waals surface area contributed by atoms with Gasteiger partial charge in [-0.2, -0.15) is 0 Å². The van der Waals surface area contributed by atoms with Gasteiger partial charge in [0.2, 0.25) is 0 Å². The minimum atomic E-state index is -0.287. The van der Waals surface area contributed by atoms with Crippen LogP contribution in [0.4, 0.5) is 0 Å². The first-order valence-electron chi connectivity index (χ1n) is 14.1. The molecule has 0 rings (SSSR count). The number of hydrogen-bond acceptors (Lipinski definition) is 12. The molecule has 0 spiro atoms. The van der Waals surface area contributed by atoms with Crippen LogP contribution in [0, 0.1) is 0 Å². The molecule has 0 aromatic heterocycles. The molecule has 0 saturated carbocycles. The predicted octanol–water partition coefficient (Wildman–Crippen LogP) is -0.924. The van der Waals surface area contributed by atoms with E-state index in [1.54, 1.807) is 0 Å². The summed E-state index contributed by atoms with van der Waals surface area (Å²) in [5.74, 6) is 0. The van der Waals surface area contributed by atoms with Crippen LogP contribution in [-0.4, -0.2) is 107 Å². The standard InChI is InChI=1S/2C5H13NO.4C4H11NO/c2*1-2-3-5(7)4-6;2*1-2-4(5)3-6;2*1-2-4(6)3-5/h2*5,7H,2-4,6H2,1H3;4*4,6H,2-3,5H2,1H3/t2*5-;4*4-/m101010/s1. The largest absolute Gasteiger partial charge is 0.395 e. The maximum Gasteiger partial charge on any atom is 0.0662 e. The highest BCUT2D eigenvalue weighted by Crippen LogP contribution is 1.92. The average Bonchev–Trinajstić information content (AvgIpc) is 2.96. The molecule has 12 nitrogen and oxygen atoms in total. The molecule has 0 amide bonds. The topological polar surface area (TPSA) is 278 Å². The van der Waals surface area contributed by atoms with Gasteiger partial charge in [-0.25, -0.2) is 0 Å². The van der Waals surface area contributed by atoms with Crippen LogP contribution in [0.1, 0.15) is 92.9 Å². The SMILES string of the molecule is CCC[C@@H](O)CN.CCC[C@H](O)CN.CC[C@@H](N)CO.CC[C@@H](O)CN.CC[C@H](N)CO.CC[C@H](O)CN. The summed E-state index contributed by atoms with van der Waals surface area (Å²) < 4.78 is 0. The van der Waals surface area contributed by atoms with Crippen molar-refractivity contribution in [3.05, 3.63) is 0 Å². The Morgan fingerprint density at radius 2 is 0.684 bits per heavy atom. The lowest BCUT2D eigenvalue weighted by Gasteiger charge is -2.01. The molecule has 0 heterocycles. The highest BCUT2D eigenvalue weighted by molar-refractivity contribution is 4.53. The quantitative estimate of drug-likeness (QED) is 0.122. The van der Waals surface area contributed by atoms with Crippen molar-refractivity contribution in [3.63, 3.8) is 0 Å². The van der Waals surface area contributed by atoms with Gasteiger partial charge >= 0.3 is 0 Å². The van der Waals surface area contributed by atoms with Gasteiger partial charge in [-0.05, 0) is 38.5 Å². The van der Waals surface area contributed by atoms with Crippen LogP contribution < -0.4 is 34.4 Å². The molecule has 0 aliphatic rings. The van der Waals surface area contributed by atoms with Gasteiger partial charge in [-0.15, -0.1) is 0 Å². The fourth-order valence-corrected chi connectivity index (χ4v) is 1.49. The minimum absolute atomic E-state index is 0.00926. The van der Waals surface area contributed by atoms with Crippen molar-refractivity contribution < 1.29 is 30.6 Å². The third-order valence-electron chi connectivity index (χ3n) is 4.79. The Bertz CT molecular complexity index is 298. The fourth-order valence-electron chi connectivity index (χ4n) is 1.49. The first-order valence-corrected chi connectivity index (χ1v) is 14.1. The van der Waals surface area contributed by atoms with Crippen molar-refractivity contribution in [2.24, 2.45) is 34.4 Å². The molecular weight excluding hydrogens is 492 g/mol. The maximum absolute atomic E-state index is 8.73. The van der Waals surface area contributed by atoms with Crippen molar-refractivity contribution in [2.75, 3.05) is 39.4 Å². The molecule has 0 aliphatic carbocycles. The molecule has 240 valence electrons. The van der Waals surface area contributed by atoms with Gasteiger partial charge in [-0.3, -0.25) is 0 Å². The Kier molecular flexibility index (Phi) is 61.5. The van der Waals surface area contributed by atoms with Gasteiger partial charge in [0.05, 0.1) is 37.6 Å². The summed E-state index contributed by atoms with van der Waals surface area (Å²) in [4.78, 5) is 0. The maximum atomic E-state index is 8.73. The third-order valence-corrected chi connectivity index (χ3v) is 4.79. The lowest BCUT2D eigenvalue weighted by atomic mass is 10.2. The summed E-state index contributed by atoms with van der Waals surface area (Å²) in [6, 6.07) is -0.0185. The van der Waals surface area contributed by atoms with E-state index in [2.05, 4.69) is 0 Å². The summed E-state index contributed by atoms with van der Waals surface area (Å²) in [6.45, 7) is 13.5. The Morgan fingerprint density at radius 3 is 0.711 bits per heavy atom. The zero-order valence-corrected chi connectivity index (χ0v) is 25.5. The average molecular weight is 563 g/mol. The molecule has 0 bridgehead atoms. The van der Waals surface area contributed by atoms with Crippen LogP contribution in [0.2, 0.25) is 0 Å². The van der Waals surface area contributed by atoms with Crippen molar-refractivity contribution in [1.82, 2.24) is 0 Å². The molecular formula is C26H70N6O6. The van der Waals surface area contributed by atoms with Crippen molar-refractivity contribution in [1.29, 1.82) is 0 Å². The highest BCUT2D eigenvalue weighted by Gasteiger charge is 1.96. The molecule has 0 radical (unpaired) electrons. The fraction of sp³-hybridized carbons (Fsp3) is 1.00. The highest BCUT2D eigenvalue weighted by atomic mass is 16.3. The minimum Gasteiger partial charge on any atom is -0.395 e. The van der Waals surface area contributed by atoms with E-state index < -0.39 is 0 Å². The molecule has 0 aromatic rings. The van der Waals surface area contributed by atoms with Gasteiger partial charge in [0.25, 0.3) is 0 Å². The summed E-state index contributed by atoms with van der Waals surface area (Å²) in [5, 5.41) is 51.0. The summed E-state index contributed by atoms with van der Waals surface area (Å²) in [6.07, 6.45) is 5.80. The van der Waals surface area contributed by atoms with Gasteiger partial charge in [-0.1, -0.05) is 54.4 Å². The summed E-state index contributed by atoms with van der Waals surface area (Å²) in [5.41, 5.74) is 30.7. The van der Waals surface area contributed by atoms with Crippen molar-refractivity contribution in [3.8, 4) is 0 Å². The molecule has 0 unspecified atom stereocenters. The van der Waals surface area contributed by atoms with Crippen LogP contribution in [0.25, 0.3) is 0 Å². The van der Waals surface area contributed by atoms with E-state index in [9.17, 15) is 0 Å². The van der Waals surface area contributed by atoms with Crippen molar-refractivity contribution in [2.45, 2.75) is 129 Å². The Hall–Kier alpha value is -0.480. The second-order valence-electron chi connectivity index (χ2n) is 8.65. The van der Waals surface area contributed by atoms with Crippen LogP contribution in [0.3, 0.4) is 0 Å². The summed E-state index contributed by atoms with van der Waals surface area (Å²) in [7, 11) is 0. The van der Waals surface area contributed by atoms with E-state index in [0.717, 1.165) is 51.4 Å². The van der Waals surface area contributed by atoms with E-state index in [0.29, 0.717) is 26.2 Å². The number of nitrogens with two attached hydrogens (primary N) is 6. The molecule has 18 N–H and O–H groups in total. The van der Waals surface area contributed by atoms with Crippen molar-refractivity contribution >= 4 is 0 Å². The molecule has 0 saturated heterocycles. The first kappa shape index (κ1) is 50.4. The number of hydrogen-bond donors (Lipinski definition) is 12. The monoisotopic (exact) mass is 563 g/mol. The molecule has 6 atom stereocenters. The zero-order chi connectivity index (χ0) is 31.4. The number of aliphatic hydroxyl groups excluding tert-OH is 6. The van der Waals surface area contributed by atoms with Crippen LogP contribution in [-0.2, 0) is 0 Å².